The molecule has 0 radical (unpaired) electrons. The molecule has 1 heterocycles. The van der Waals surface area contributed by atoms with Gasteiger partial charge in [0.05, 0.1) is 5.41 Å². The Morgan fingerprint density at radius 2 is 0.870 bits per heavy atom. The SMILES string of the molecule is C.c1ccc(N(c2ccccc2)c2ccc3oc4ccc(C5(c6ccccc6)c6ccccc6-c6ccccc65)cc4c3c2)cc1. The average Bonchev–Trinajstić information content (AvgIpc) is 3.63. The van der Waals surface area contributed by atoms with Crippen LogP contribution in [0.1, 0.15) is 29.7 Å². The van der Waals surface area contributed by atoms with E-state index >= 15 is 0 Å². The van der Waals surface area contributed by atoms with Gasteiger partial charge in [-0.3, -0.25) is 0 Å². The normalized spacial score (nSPS) is 12.8. The molecule has 0 atom stereocenters. The summed E-state index contributed by atoms with van der Waals surface area (Å²) in [5, 5.41) is 2.21. The molecule has 0 unspecified atom stereocenters. The van der Waals surface area contributed by atoms with E-state index in [2.05, 4.69) is 181 Å². The van der Waals surface area contributed by atoms with Crippen molar-refractivity contribution in [1.82, 2.24) is 0 Å². The fraction of sp³-hybridized carbons (Fsp3) is 0.0455. The Bertz CT molecular complexity index is 2240. The van der Waals surface area contributed by atoms with Crippen molar-refractivity contribution in [2.45, 2.75) is 12.8 Å². The predicted molar refractivity (Wildman–Crippen MR) is 192 cm³/mol. The summed E-state index contributed by atoms with van der Waals surface area (Å²) in [5.41, 5.74) is 12.3. The monoisotopic (exact) mass is 591 g/mol. The first-order valence-corrected chi connectivity index (χ1v) is 15.4. The zero-order chi connectivity index (χ0) is 29.8. The minimum absolute atomic E-state index is 0. The fourth-order valence-corrected chi connectivity index (χ4v) is 7.45. The number of hydrogen-bond donors (Lipinski definition) is 0. The van der Waals surface area contributed by atoms with Gasteiger partial charge in [-0.15, -0.1) is 0 Å². The van der Waals surface area contributed by atoms with E-state index in [1.807, 2.05) is 0 Å². The van der Waals surface area contributed by atoms with E-state index in [1.165, 1.54) is 33.4 Å². The highest BCUT2D eigenvalue weighted by atomic mass is 16.3. The van der Waals surface area contributed by atoms with Crippen LogP contribution in [0.5, 0.6) is 0 Å². The molecule has 1 aromatic heterocycles. The summed E-state index contributed by atoms with van der Waals surface area (Å²) in [6, 6.07) is 63.1. The first kappa shape index (κ1) is 27.7. The van der Waals surface area contributed by atoms with Crippen molar-refractivity contribution in [3.05, 3.63) is 198 Å². The van der Waals surface area contributed by atoms with Gasteiger partial charge >= 0.3 is 0 Å². The molecular formula is C44H33NO. The Kier molecular flexibility index (Phi) is 6.58. The number of benzene rings is 7. The van der Waals surface area contributed by atoms with Crippen LogP contribution in [0.25, 0.3) is 33.1 Å². The molecule has 2 heteroatoms. The van der Waals surface area contributed by atoms with E-state index in [1.54, 1.807) is 0 Å². The van der Waals surface area contributed by atoms with E-state index in [0.717, 1.165) is 39.0 Å². The summed E-state index contributed by atoms with van der Waals surface area (Å²) >= 11 is 0. The van der Waals surface area contributed by atoms with Crippen LogP contribution < -0.4 is 4.90 Å². The first-order chi connectivity index (χ1) is 22.3. The standard InChI is InChI=1S/C43H29NO.CH4/c1-4-14-30(15-5-1)43(39-22-12-10-20-35(39)36-21-11-13-23-40(36)43)31-24-26-41-37(28-31)38-29-34(25-27-42(38)45-41)44(32-16-6-2-7-17-32)33-18-8-3-9-19-33;/h1-29H;1H4. The number of para-hydroxylation sites is 2. The lowest BCUT2D eigenvalue weighted by atomic mass is 9.67. The van der Waals surface area contributed by atoms with Gasteiger partial charge in [0.25, 0.3) is 0 Å². The fourth-order valence-electron chi connectivity index (χ4n) is 7.45. The second kappa shape index (κ2) is 10.9. The maximum absolute atomic E-state index is 6.48. The van der Waals surface area contributed by atoms with Crippen LogP contribution in [0.2, 0.25) is 0 Å². The molecule has 2 nitrogen and oxygen atoms in total. The van der Waals surface area contributed by atoms with Crippen LogP contribution >= 0.6 is 0 Å². The van der Waals surface area contributed by atoms with Crippen LogP contribution in [0.4, 0.5) is 17.1 Å². The Balaban J connectivity index is 0.00000312. The van der Waals surface area contributed by atoms with Crippen molar-refractivity contribution in [3.63, 3.8) is 0 Å². The minimum atomic E-state index is -0.454. The molecule has 7 aromatic carbocycles. The molecule has 9 rings (SSSR count). The summed E-state index contributed by atoms with van der Waals surface area (Å²) in [6.07, 6.45) is 0. The van der Waals surface area contributed by atoms with Crippen molar-refractivity contribution >= 4 is 39.0 Å². The van der Waals surface area contributed by atoms with Gasteiger partial charge in [-0.2, -0.15) is 0 Å². The Hall–Kier alpha value is -5.86. The predicted octanol–water partition coefficient (Wildman–Crippen LogP) is 12.1. The topological polar surface area (TPSA) is 16.4 Å². The maximum Gasteiger partial charge on any atom is 0.135 e. The quantitative estimate of drug-likeness (QED) is 0.198. The van der Waals surface area contributed by atoms with Gasteiger partial charge in [0.1, 0.15) is 11.2 Å². The molecule has 8 aromatic rings. The Morgan fingerprint density at radius 1 is 0.391 bits per heavy atom. The Morgan fingerprint density at radius 3 is 1.46 bits per heavy atom. The van der Waals surface area contributed by atoms with Crippen molar-refractivity contribution in [1.29, 1.82) is 0 Å². The molecule has 0 amide bonds. The van der Waals surface area contributed by atoms with Gasteiger partial charge in [0.2, 0.25) is 0 Å². The molecule has 0 spiro atoms. The molecule has 0 saturated heterocycles. The molecule has 0 N–H and O–H groups in total. The van der Waals surface area contributed by atoms with Crippen molar-refractivity contribution in [2.75, 3.05) is 4.90 Å². The van der Waals surface area contributed by atoms with Gasteiger partial charge in [0.15, 0.2) is 0 Å². The van der Waals surface area contributed by atoms with Gasteiger partial charge in [-0.25, -0.2) is 0 Å². The lowest BCUT2D eigenvalue weighted by Gasteiger charge is -2.33. The molecule has 0 bridgehead atoms. The first-order valence-electron chi connectivity index (χ1n) is 15.4. The van der Waals surface area contributed by atoms with Gasteiger partial charge in [-0.1, -0.05) is 129 Å². The van der Waals surface area contributed by atoms with Crippen molar-refractivity contribution in [2.24, 2.45) is 0 Å². The summed E-state index contributed by atoms with van der Waals surface area (Å²) < 4.78 is 6.48. The molecule has 0 saturated carbocycles. The smallest absolute Gasteiger partial charge is 0.135 e. The zero-order valence-corrected chi connectivity index (χ0v) is 24.6. The second-order valence-corrected chi connectivity index (χ2v) is 11.7. The van der Waals surface area contributed by atoms with E-state index in [4.69, 9.17) is 4.42 Å². The van der Waals surface area contributed by atoms with Crippen LogP contribution in [-0.2, 0) is 5.41 Å². The molecule has 0 aliphatic heterocycles. The number of fused-ring (bicyclic) bond motifs is 6. The highest BCUT2D eigenvalue weighted by molar-refractivity contribution is 6.07. The minimum Gasteiger partial charge on any atom is -0.456 e. The summed E-state index contributed by atoms with van der Waals surface area (Å²) in [4.78, 5) is 2.30. The summed E-state index contributed by atoms with van der Waals surface area (Å²) in [6.45, 7) is 0. The molecular weight excluding hydrogens is 558 g/mol. The zero-order valence-electron chi connectivity index (χ0n) is 24.6. The van der Waals surface area contributed by atoms with Crippen LogP contribution in [0, 0.1) is 0 Å². The molecule has 0 fully saturated rings. The number of rotatable bonds is 5. The van der Waals surface area contributed by atoms with Gasteiger partial charge < -0.3 is 9.32 Å². The maximum atomic E-state index is 6.48. The third kappa shape index (κ3) is 4.04. The highest BCUT2D eigenvalue weighted by Crippen LogP contribution is 2.56. The molecule has 1 aliphatic rings. The summed E-state index contributed by atoms with van der Waals surface area (Å²) in [5.74, 6) is 0. The van der Waals surface area contributed by atoms with E-state index in [9.17, 15) is 0 Å². The van der Waals surface area contributed by atoms with Crippen LogP contribution in [0.15, 0.2) is 180 Å². The lowest BCUT2D eigenvalue weighted by Crippen LogP contribution is -2.28. The Labute approximate surface area is 269 Å². The van der Waals surface area contributed by atoms with E-state index in [-0.39, 0.29) is 7.43 Å². The van der Waals surface area contributed by atoms with E-state index < -0.39 is 5.41 Å². The third-order valence-corrected chi connectivity index (χ3v) is 9.33. The van der Waals surface area contributed by atoms with Crippen molar-refractivity contribution in [3.8, 4) is 11.1 Å². The van der Waals surface area contributed by atoms with E-state index in [0.29, 0.717) is 0 Å². The molecule has 1 aliphatic carbocycles. The number of hydrogen-bond acceptors (Lipinski definition) is 2. The largest absolute Gasteiger partial charge is 0.456 e. The lowest BCUT2D eigenvalue weighted by molar-refractivity contribution is 0.668. The van der Waals surface area contributed by atoms with Gasteiger partial charge in [-0.05, 0) is 88.0 Å². The third-order valence-electron chi connectivity index (χ3n) is 9.33. The van der Waals surface area contributed by atoms with Crippen molar-refractivity contribution < 1.29 is 4.42 Å². The number of anilines is 3. The number of nitrogens with zero attached hydrogens (tertiary/aromatic N) is 1. The summed E-state index contributed by atoms with van der Waals surface area (Å²) in [7, 11) is 0. The van der Waals surface area contributed by atoms with Crippen LogP contribution in [-0.4, -0.2) is 0 Å². The molecule has 46 heavy (non-hydrogen) atoms. The molecule has 220 valence electrons. The second-order valence-electron chi connectivity index (χ2n) is 11.7. The van der Waals surface area contributed by atoms with Crippen LogP contribution in [0.3, 0.4) is 0 Å². The van der Waals surface area contributed by atoms with Gasteiger partial charge in [0, 0.05) is 27.8 Å². The number of furan rings is 1. The average molecular weight is 592 g/mol. The highest BCUT2D eigenvalue weighted by Gasteiger charge is 2.46.